The Morgan fingerprint density at radius 2 is 1.81 bits per heavy atom. The molecule has 3 aromatic rings. The van der Waals surface area contributed by atoms with Crippen LogP contribution in [0.5, 0.6) is 0 Å². The van der Waals surface area contributed by atoms with Gasteiger partial charge in [-0.25, -0.2) is 13.3 Å². The lowest BCUT2D eigenvalue weighted by Crippen LogP contribution is -2.48. The van der Waals surface area contributed by atoms with Crippen molar-refractivity contribution < 1.29 is 13.6 Å². The number of benzene rings is 1. The number of carbonyl (C=O) groups is 1. The molecule has 1 aliphatic rings. The molecule has 0 aliphatic carbocycles. The fraction of sp³-hybridized carbons (Fsp3) is 0.263. The standard InChI is InChI=1S/C19H18F2N4O/c20-17-5-4-14(11-18(17)21)19(26)24-9-7-23(8-10-24)13-15-12-16-3-1-2-6-25(16)22-15/h1-6,11-12H,7-10,13H2. The Labute approximate surface area is 149 Å². The van der Waals surface area contributed by atoms with E-state index in [2.05, 4.69) is 16.1 Å². The molecular weight excluding hydrogens is 338 g/mol. The number of nitrogens with zero attached hydrogens (tertiary/aromatic N) is 4. The molecule has 1 fully saturated rings. The van der Waals surface area contributed by atoms with Crippen LogP contribution in [0.3, 0.4) is 0 Å². The molecule has 0 atom stereocenters. The van der Waals surface area contributed by atoms with Gasteiger partial charge in [0.1, 0.15) is 0 Å². The lowest BCUT2D eigenvalue weighted by atomic mass is 10.1. The number of amides is 1. The molecule has 3 heterocycles. The summed E-state index contributed by atoms with van der Waals surface area (Å²) in [5.74, 6) is -2.21. The van der Waals surface area contributed by atoms with Gasteiger partial charge in [-0.15, -0.1) is 0 Å². The van der Waals surface area contributed by atoms with Gasteiger partial charge in [-0.2, -0.15) is 5.10 Å². The third-order valence-electron chi connectivity index (χ3n) is 4.63. The first-order chi connectivity index (χ1) is 12.6. The van der Waals surface area contributed by atoms with Gasteiger partial charge in [0.2, 0.25) is 0 Å². The molecule has 1 saturated heterocycles. The van der Waals surface area contributed by atoms with E-state index in [9.17, 15) is 13.6 Å². The summed E-state index contributed by atoms with van der Waals surface area (Å²) in [5, 5.41) is 4.54. The summed E-state index contributed by atoms with van der Waals surface area (Å²) in [6.07, 6.45) is 1.91. The lowest BCUT2D eigenvalue weighted by molar-refractivity contribution is 0.0626. The maximum Gasteiger partial charge on any atom is 0.254 e. The maximum atomic E-state index is 13.3. The SMILES string of the molecule is O=C(c1ccc(F)c(F)c1)N1CCN(Cc2cc3ccccn3n2)CC1. The van der Waals surface area contributed by atoms with E-state index in [0.717, 1.165) is 29.9 Å². The van der Waals surface area contributed by atoms with Gasteiger partial charge in [0.15, 0.2) is 11.6 Å². The van der Waals surface area contributed by atoms with Gasteiger partial charge in [-0.05, 0) is 36.4 Å². The minimum atomic E-state index is -0.999. The summed E-state index contributed by atoms with van der Waals surface area (Å²) in [5.41, 5.74) is 2.21. The van der Waals surface area contributed by atoms with Crippen molar-refractivity contribution in [2.45, 2.75) is 6.54 Å². The van der Waals surface area contributed by atoms with Gasteiger partial charge in [0.25, 0.3) is 5.91 Å². The molecule has 0 bridgehead atoms. The van der Waals surface area contributed by atoms with E-state index in [-0.39, 0.29) is 11.5 Å². The lowest BCUT2D eigenvalue weighted by Gasteiger charge is -2.34. The van der Waals surface area contributed by atoms with Crippen molar-refractivity contribution in [2.75, 3.05) is 26.2 Å². The van der Waals surface area contributed by atoms with Crippen LogP contribution in [0.2, 0.25) is 0 Å². The second-order valence-electron chi connectivity index (χ2n) is 6.40. The second-order valence-corrected chi connectivity index (χ2v) is 6.40. The highest BCUT2D eigenvalue weighted by Gasteiger charge is 2.23. The fourth-order valence-electron chi connectivity index (χ4n) is 3.22. The van der Waals surface area contributed by atoms with Gasteiger partial charge in [0.05, 0.1) is 11.2 Å². The number of hydrogen-bond acceptors (Lipinski definition) is 3. The number of aromatic nitrogens is 2. The number of rotatable bonds is 3. The predicted molar refractivity (Wildman–Crippen MR) is 92.7 cm³/mol. The zero-order chi connectivity index (χ0) is 18.1. The average Bonchev–Trinajstić information content (AvgIpc) is 3.06. The van der Waals surface area contributed by atoms with Gasteiger partial charge in [0, 0.05) is 44.5 Å². The molecule has 2 aromatic heterocycles. The van der Waals surface area contributed by atoms with Crippen LogP contribution < -0.4 is 0 Å². The Hall–Kier alpha value is -2.80. The summed E-state index contributed by atoms with van der Waals surface area (Å²) < 4.78 is 28.2. The monoisotopic (exact) mass is 356 g/mol. The number of pyridine rings is 1. The topological polar surface area (TPSA) is 40.9 Å². The normalized spacial score (nSPS) is 15.5. The first-order valence-electron chi connectivity index (χ1n) is 8.50. The molecule has 0 unspecified atom stereocenters. The van der Waals surface area contributed by atoms with Gasteiger partial charge < -0.3 is 4.90 Å². The molecule has 0 spiro atoms. The molecule has 0 N–H and O–H groups in total. The van der Waals surface area contributed by atoms with Crippen LogP contribution in [0.1, 0.15) is 16.1 Å². The number of halogens is 2. The van der Waals surface area contributed by atoms with E-state index >= 15 is 0 Å². The Morgan fingerprint density at radius 3 is 2.54 bits per heavy atom. The zero-order valence-corrected chi connectivity index (χ0v) is 14.1. The third kappa shape index (κ3) is 3.30. The highest BCUT2D eigenvalue weighted by atomic mass is 19.2. The largest absolute Gasteiger partial charge is 0.336 e. The molecule has 1 aliphatic heterocycles. The van der Waals surface area contributed by atoms with E-state index < -0.39 is 11.6 Å². The van der Waals surface area contributed by atoms with Gasteiger partial charge in [-0.3, -0.25) is 9.69 Å². The summed E-state index contributed by atoms with van der Waals surface area (Å²) >= 11 is 0. The molecule has 26 heavy (non-hydrogen) atoms. The summed E-state index contributed by atoms with van der Waals surface area (Å²) in [6, 6.07) is 11.2. The number of hydrogen-bond donors (Lipinski definition) is 0. The van der Waals surface area contributed by atoms with E-state index in [1.54, 1.807) is 4.90 Å². The van der Waals surface area contributed by atoms with Crippen molar-refractivity contribution in [3.63, 3.8) is 0 Å². The molecule has 7 heteroatoms. The van der Waals surface area contributed by atoms with Crippen LogP contribution in [-0.4, -0.2) is 51.5 Å². The molecule has 1 aromatic carbocycles. The number of fused-ring (bicyclic) bond motifs is 1. The maximum absolute atomic E-state index is 13.3. The zero-order valence-electron chi connectivity index (χ0n) is 14.1. The molecule has 134 valence electrons. The minimum Gasteiger partial charge on any atom is -0.336 e. The summed E-state index contributed by atoms with van der Waals surface area (Å²) in [7, 11) is 0. The predicted octanol–water partition coefficient (Wildman–Crippen LogP) is 2.57. The molecule has 4 rings (SSSR count). The van der Waals surface area contributed by atoms with Crippen molar-refractivity contribution in [1.29, 1.82) is 0 Å². The first-order valence-corrected chi connectivity index (χ1v) is 8.50. The first kappa shape index (κ1) is 16.7. The van der Waals surface area contributed by atoms with Crippen molar-refractivity contribution in [3.8, 4) is 0 Å². The molecule has 5 nitrogen and oxygen atoms in total. The average molecular weight is 356 g/mol. The van der Waals surface area contributed by atoms with Crippen molar-refractivity contribution in [2.24, 2.45) is 0 Å². The van der Waals surface area contributed by atoms with Crippen LogP contribution >= 0.6 is 0 Å². The van der Waals surface area contributed by atoms with Gasteiger partial charge >= 0.3 is 0 Å². The van der Waals surface area contributed by atoms with Crippen LogP contribution in [0.25, 0.3) is 5.52 Å². The summed E-state index contributed by atoms with van der Waals surface area (Å²) in [6.45, 7) is 3.23. The fourth-order valence-corrected chi connectivity index (χ4v) is 3.22. The van der Waals surface area contributed by atoms with E-state index in [0.29, 0.717) is 26.2 Å². The minimum absolute atomic E-state index is 0.178. The van der Waals surface area contributed by atoms with Crippen LogP contribution in [0.15, 0.2) is 48.7 Å². The van der Waals surface area contributed by atoms with E-state index in [4.69, 9.17) is 0 Å². The van der Waals surface area contributed by atoms with Crippen molar-refractivity contribution in [1.82, 2.24) is 19.4 Å². The summed E-state index contributed by atoms with van der Waals surface area (Å²) in [4.78, 5) is 16.4. The van der Waals surface area contributed by atoms with Crippen molar-refractivity contribution in [3.05, 3.63) is 71.6 Å². The Balaban J connectivity index is 1.37. The Morgan fingerprint density at radius 1 is 1.00 bits per heavy atom. The third-order valence-corrected chi connectivity index (χ3v) is 4.63. The number of carbonyl (C=O) groups excluding carboxylic acids is 1. The van der Waals surface area contributed by atoms with Crippen molar-refractivity contribution >= 4 is 11.4 Å². The van der Waals surface area contributed by atoms with E-state index in [1.807, 2.05) is 28.9 Å². The highest BCUT2D eigenvalue weighted by molar-refractivity contribution is 5.94. The molecular formula is C19H18F2N4O. The second kappa shape index (κ2) is 6.84. The Bertz CT molecular complexity index is 915. The quantitative estimate of drug-likeness (QED) is 0.724. The molecule has 0 saturated carbocycles. The van der Waals surface area contributed by atoms with Crippen LogP contribution in [-0.2, 0) is 6.54 Å². The molecule has 1 amide bonds. The van der Waals surface area contributed by atoms with E-state index in [1.165, 1.54) is 6.07 Å². The van der Waals surface area contributed by atoms with Gasteiger partial charge in [-0.1, -0.05) is 6.07 Å². The number of piperazine rings is 1. The smallest absolute Gasteiger partial charge is 0.254 e. The van der Waals surface area contributed by atoms with Crippen LogP contribution in [0.4, 0.5) is 8.78 Å². The Kier molecular flexibility index (Phi) is 4.38. The van der Waals surface area contributed by atoms with Crippen LogP contribution in [0, 0.1) is 11.6 Å². The molecule has 0 radical (unpaired) electrons. The highest BCUT2D eigenvalue weighted by Crippen LogP contribution is 2.14.